The number of aliphatic carboxylic acids is 1. The van der Waals surface area contributed by atoms with Gasteiger partial charge in [0.2, 0.25) is 0 Å². The largest absolute Gasteiger partial charge is 0.481 e. The van der Waals surface area contributed by atoms with Gasteiger partial charge in [-0.3, -0.25) is 9.59 Å². The molecule has 0 heterocycles. The predicted molar refractivity (Wildman–Crippen MR) is 140 cm³/mol. The molecule has 1 aliphatic rings. The lowest BCUT2D eigenvalue weighted by Crippen LogP contribution is -2.38. The van der Waals surface area contributed by atoms with Crippen LogP contribution in [0.2, 0.25) is 0 Å². The highest BCUT2D eigenvalue weighted by Gasteiger charge is 2.39. The van der Waals surface area contributed by atoms with Crippen LogP contribution >= 0.6 is 0 Å². The van der Waals surface area contributed by atoms with E-state index in [2.05, 4.69) is 86.0 Å². The number of carboxylic acids is 1. The van der Waals surface area contributed by atoms with Crippen LogP contribution in [0.15, 0.2) is 48.5 Å². The Labute approximate surface area is 204 Å². The number of carbonyl (C=O) groups is 2. The van der Waals surface area contributed by atoms with E-state index in [0.717, 1.165) is 37.3 Å². The van der Waals surface area contributed by atoms with Crippen LogP contribution < -0.4 is 9.80 Å². The molecule has 2 unspecified atom stereocenters. The van der Waals surface area contributed by atoms with E-state index in [1.807, 2.05) is 0 Å². The van der Waals surface area contributed by atoms with Crippen molar-refractivity contribution in [2.75, 3.05) is 36.0 Å². The second kappa shape index (κ2) is 12.0. The number of ketones is 1. The van der Waals surface area contributed by atoms with Crippen molar-refractivity contribution in [1.82, 2.24) is 0 Å². The molecule has 1 fully saturated rings. The molecule has 3 rings (SSSR count). The van der Waals surface area contributed by atoms with Gasteiger partial charge in [0.05, 0.1) is 5.92 Å². The highest BCUT2D eigenvalue weighted by Crippen LogP contribution is 2.35. The molecule has 1 N–H and O–H groups in total. The van der Waals surface area contributed by atoms with Crippen LogP contribution in [0.3, 0.4) is 0 Å². The fourth-order valence-corrected chi connectivity index (χ4v) is 5.35. The van der Waals surface area contributed by atoms with Crippen LogP contribution in [-0.4, -0.2) is 43.0 Å². The van der Waals surface area contributed by atoms with E-state index >= 15 is 0 Å². The Bertz CT molecular complexity index is 861. The van der Waals surface area contributed by atoms with Crippen molar-refractivity contribution >= 4 is 23.1 Å². The summed E-state index contributed by atoms with van der Waals surface area (Å²) in [4.78, 5) is 29.9. The van der Waals surface area contributed by atoms with Gasteiger partial charge in [-0.15, -0.1) is 0 Å². The number of anilines is 2. The third-order valence-electron chi connectivity index (χ3n) is 7.39. The maximum Gasteiger partial charge on any atom is 0.306 e. The number of nitrogens with zero attached hydrogens (tertiary/aromatic N) is 2. The second-order valence-corrected chi connectivity index (χ2v) is 9.39. The van der Waals surface area contributed by atoms with Gasteiger partial charge in [-0.2, -0.15) is 0 Å². The number of hydrogen-bond donors (Lipinski definition) is 1. The van der Waals surface area contributed by atoms with Gasteiger partial charge in [-0.05, 0) is 88.8 Å². The molecule has 0 aromatic heterocycles. The van der Waals surface area contributed by atoms with Crippen LogP contribution in [0.4, 0.5) is 11.4 Å². The van der Waals surface area contributed by atoms with Crippen molar-refractivity contribution in [3.63, 3.8) is 0 Å². The molecule has 2 atom stereocenters. The van der Waals surface area contributed by atoms with Gasteiger partial charge in [-0.1, -0.05) is 24.3 Å². The molecule has 0 aliphatic heterocycles. The first-order chi connectivity index (χ1) is 16.4. The van der Waals surface area contributed by atoms with Gasteiger partial charge in [0.25, 0.3) is 0 Å². The number of rotatable bonds is 11. The lowest BCUT2D eigenvalue weighted by molar-refractivity contribution is -0.146. The first-order valence-corrected chi connectivity index (χ1v) is 12.8. The Morgan fingerprint density at radius 1 is 0.735 bits per heavy atom. The van der Waals surface area contributed by atoms with Gasteiger partial charge in [0.1, 0.15) is 5.78 Å². The molecule has 0 bridgehead atoms. The van der Waals surface area contributed by atoms with Gasteiger partial charge < -0.3 is 14.9 Å². The van der Waals surface area contributed by atoms with Crippen LogP contribution in [0.25, 0.3) is 0 Å². The minimum atomic E-state index is -0.781. The van der Waals surface area contributed by atoms with Crippen molar-refractivity contribution in [2.24, 2.45) is 17.8 Å². The van der Waals surface area contributed by atoms with Crippen molar-refractivity contribution in [1.29, 1.82) is 0 Å². The summed E-state index contributed by atoms with van der Waals surface area (Å²) in [5, 5.41) is 9.77. The Morgan fingerprint density at radius 3 is 1.38 bits per heavy atom. The maximum absolute atomic E-state index is 13.4. The molecule has 2 aromatic rings. The molecule has 1 aliphatic carbocycles. The van der Waals surface area contributed by atoms with E-state index in [4.69, 9.17) is 0 Å². The Morgan fingerprint density at radius 2 is 1.09 bits per heavy atom. The molecule has 0 radical (unpaired) electrons. The highest BCUT2D eigenvalue weighted by atomic mass is 16.4. The number of carbonyl (C=O) groups excluding carboxylic acids is 1. The molecule has 0 amide bonds. The summed E-state index contributed by atoms with van der Waals surface area (Å²) < 4.78 is 0. The average molecular weight is 465 g/mol. The molecule has 2 aromatic carbocycles. The Balaban J connectivity index is 1.73. The van der Waals surface area contributed by atoms with Crippen LogP contribution in [-0.2, 0) is 22.4 Å². The Hall–Kier alpha value is -2.82. The number of carboxylic acid groups (broad SMARTS) is 1. The highest BCUT2D eigenvalue weighted by molar-refractivity contribution is 5.87. The zero-order chi connectivity index (χ0) is 24.7. The standard InChI is InChI=1S/C29H40N2O3/c1-5-30(6-2)26-13-9-21(10-14-26)17-23-19-25(29(33)34)20-24(28(23)32)18-22-11-15-27(16-12-22)31(7-3)8-4/h9-16,23-25H,5-8,17-20H2,1-4H3,(H,33,34). The van der Waals surface area contributed by atoms with E-state index in [9.17, 15) is 14.7 Å². The average Bonchev–Trinajstić information content (AvgIpc) is 2.85. The molecule has 5 nitrogen and oxygen atoms in total. The maximum atomic E-state index is 13.4. The lowest BCUT2D eigenvalue weighted by Gasteiger charge is -2.32. The Kier molecular flexibility index (Phi) is 9.14. The second-order valence-electron chi connectivity index (χ2n) is 9.39. The molecular formula is C29H40N2O3. The van der Waals surface area contributed by atoms with E-state index in [-0.39, 0.29) is 17.6 Å². The molecular weight excluding hydrogens is 424 g/mol. The van der Waals surface area contributed by atoms with Crippen LogP contribution in [0.5, 0.6) is 0 Å². The minimum absolute atomic E-state index is 0.220. The SMILES string of the molecule is CCN(CC)c1ccc(CC2CC(C(=O)O)CC(Cc3ccc(N(CC)CC)cc3)C2=O)cc1. The minimum Gasteiger partial charge on any atom is -0.481 e. The first-order valence-electron chi connectivity index (χ1n) is 12.8. The third kappa shape index (κ3) is 6.19. The predicted octanol–water partition coefficient (Wildman–Crippen LogP) is 5.46. The van der Waals surface area contributed by atoms with Crippen molar-refractivity contribution < 1.29 is 14.7 Å². The molecule has 1 saturated carbocycles. The summed E-state index contributed by atoms with van der Waals surface area (Å²) >= 11 is 0. The van der Waals surface area contributed by atoms with Crippen molar-refractivity contribution in [2.45, 2.75) is 53.4 Å². The fraction of sp³-hybridized carbons (Fsp3) is 0.517. The fourth-order valence-electron chi connectivity index (χ4n) is 5.35. The zero-order valence-corrected chi connectivity index (χ0v) is 21.2. The van der Waals surface area contributed by atoms with E-state index in [0.29, 0.717) is 25.7 Å². The summed E-state index contributed by atoms with van der Waals surface area (Å²) in [6.07, 6.45) is 2.09. The summed E-state index contributed by atoms with van der Waals surface area (Å²) in [7, 11) is 0. The summed E-state index contributed by atoms with van der Waals surface area (Å²) in [5.74, 6) is -1.50. The smallest absolute Gasteiger partial charge is 0.306 e. The summed E-state index contributed by atoms with van der Waals surface area (Å²) in [6, 6.07) is 16.8. The van der Waals surface area contributed by atoms with Crippen molar-refractivity contribution in [3.05, 3.63) is 59.7 Å². The van der Waals surface area contributed by atoms with Crippen LogP contribution in [0, 0.1) is 17.8 Å². The van der Waals surface area contributed by atoms with E-state index in [1.54, 1.807) is 0 Å². The van der Waals surface area contributed by atoms with Gasteiger partial charge in [0, 0.05) is 49.4 Å². The van der Waals surface area contributed by atoms with Gasteiger partial charge in [-0.25, -0.2) is 0 Å². The molecule has 0 saturated heterocycles. The molecule has 0 spiro atoms. The van der Waals surface area contributed by atoms with Gasteiger partial charge >= 0.3 is 5.97 Å². The monoisotopic (exact) mass is 464 g/mol. The van der Waals surface area contributed by atoms with E-state index < -0.39 is 11.9 Å². The zero-order valence-electron chi connectivity index (χ0n) is 21.2. The number of Topliss-reactive ketones (excluding diaryl/α,β-unsaturated/α-hetero) is 1. The molecule has 5 heteroatoms. The number of benzene rings is 2. The van der Waals surface area contributed by atoms with Crippen molar-refractivity contribution in [3.8, 4) is 0 Å². The molecule has 184 valence electrons. The first kappa shape index (κ1) is 25.8. The third-order valence-corrected chi connectivity index (χ3v) is 7.39. The summed E-state index contributed by atoms with van der Waals surface area (Å²) in [5.41, 5.74) is 4.56. The topological polar surface area (TPSA) is 60.9 Å². The summed E-state index contributed by atoms with van der Waals surface area (Å²) in [6.45, 7) is 12.4. The molecule has 34 heavy (non-hydrogen) atoms. The normalized spacial score (nSPS) is 20.2. The van der Waals surface area contributed by atoms with Crippen LogP contribution in [0.1, 0.15) is 51.7 Å². The quantitative estimate of drug-likeness (QED) is 0.478. The van der Waals surface area contributed by atoms with E-state index in [1.165, 1.54) is 11.4 Å². The van der Waals surface area contributed by atoms with Gasteiger partial charge in [0.15, 0.2) is 0 Å². The lowest BCUT2D eigenvalue weighted by atomic mass is 9.70. The number of hydrogen-bond acceptors (Lipinski definition) is 4.